The van der Waals surface area contributed by atoms with Gasteiger partial charge in [-0.05, 0) is 37.2 Å². The predicted molar refractivity (Wildman–Crippen MR) is 70.3 cm³/mol. The summed E-state index contributed by atoms with van der Waals surface area (Å²) in [5.41, 5.74) is 6.39. The molecule has 0 amide bonds. The molecule has 0 saturated heterocycles. The standard InChI is InChI=1S/C14H22F2N2/c1-3-5-6-18(4-2)14(10-17)11-7-12(15)9-13(16)8-11/h7-9,14H,3-6,10,17H2,1-2H3. The molecule has 0 aliphatic rings. The van der Waals surface area contributed by atoms with Crippen LogP contribution in [0.2, 0.25) is 0 Å². The van der Waals surface area contributed by atoms with Crippen LogP contribution in [0.25, 0.3) is 0 Å². The Morgan fingerprint density at radius 1 is 1.17 bits per heavy atom. The highest BCUT2D eigenvalue weighted by atomic mass is 19.1. The van der Waals surface area contributed by atoms with Gasteiger partial charge < -0.3 is 5.73 Å². The lowest BCUT2D eigenvalue weighted by Crippen LogP contribution is -2.34. The maximum atomic E-state index is 13.2. The van der Waals surface area contributed by atoms with Crippen LogP contribution in [0.1, 0.15) is 38.3 Å². The van der Waals surface area contributed by atoms with Crippen molar-refractivity contribution in [3.63, 3.8) is 0 Å². The second kappa shape index (κ2) is 7.44. The van der Waals surface area contributed by atoms with Gasteiger partial charge in [0.2, 0.25) is 0 Å². The van der Waals surface area contributed by atoms with E-state index in [0.29, 0.717) is 12.1 Å². The van der Waals surface area contributed by atoms with E-state index in [0.717, 1.165) is 32.0 Å². The van der Waals surface area contributed by atoms with E-state index in [9.17, 15) is 8.78 Å². The Kier molecular flexibility index (Phi) is 6.22. The van der Waals surface area contributed by atoms with Gasteiger partial charge in [0.15, 0.2) is 0 Å². The van der Waals surface area contributed by atoms with E-state index in [1.165, 1.54) is 12.1 Å². The Morgan fingerprint density at radius 3 is 2.22 bits per heavy atom. The fourth-order valence-electron chi connectivity index (χ4n) is 2.16. The van der Waals surface area contributed by atoms with Gasteiger partial charge >= 0.3 is 0 Å². The second-order valence-electron chi connectivity index (χ2n) is 4.44. The topological polar surface area (TPSA) is 29.3 Å². The minimum absolute atomic E-state index is 0.119. The number of hydrogen-bond acceptors (Lipinski definition) is 2. The van der Waals surface area contributed by atoms with Crippen LogP contribution in [0.4, 0.5) is 8.78 Å². The van der Waals surface area contributed by atoms with Gasteiger partial charge in [0.1, 0.15) is 11.6 Å². The van der Waals surface area contributed by atoms with Gasteiger partial charge in [-0.15, -0.1) is 0 Å². The van der Waals surface area contributed by atoms with E-state index in [2.05, 4.69) is 11.8 Å². The summed E-state index contributed by atoms with van der Waals surface area (Å²) in [5, 5.41) is 0. The Balaban J connectivity index is 2.91. The van der Waals surface area contributed by atoms with E-state index in [-0.39, 0.29) is 6.04 Å². The molecule has 18 heavy (non-hydrogen) atoms. The van der Waals surface area contributed by atoms with Crippen molar-refractivity contribution in [2.75, 3.05) is 19.6 Å². The van der Waals surface area contributed by atoms with Gasteiger partial charge in [0.25, 0.3) is 0 Å². The van der Waals surface area contributed by atoms with Crippen LogP contribution in [0.15, 0.2) is 18.2 Å². The molecular formula is C14H22F2N2. The molecule has 1 aromatic rings. The summed E-state index contributed by atoms with van der Waals surface area (Å²) in [6.45, 7) is 6.23. The van der Waals surface area contributed by atoms with Crippen molar-refractivity contribution in [1.29, 1.82) is 0 Å². The lowest BCUT2D eigenvalue weighted by molar-refractivity contribution is 0.208. The molecule has 0 spiro atoms. The predicted octanol–water partition coefficient (Wildman–Crippen LogP) is 3.09. The molecule has 102 valence electrons. The normalized spacial score (nSPS) is 13.0. The molecule has 1 atom stereocenters. The Morgan fingerprint density at radius 2 is 1.78 bits per heavy atom. The molecule has 0 heterocycles. The van der Waals surface area contributed by atoms with Crippen LogP contribution >= 0.6 is 0 Å². The molecule has 0 aliphatic carbocycles. The summed E-state index contributed by atoms with van der Waals surface area (Å²) in [7, 11) is 0. The first kappa shape index (κ1) is 15.1. The first-order valence-corrected chi connectivity index (χ1v) is 6.52. The number of nitrogens with two attached hydrogens (primary N) is 1. The zero-order valence-corrected chi connectivity index (χ0v) is 11.1. The number of likely N-dealkylation sites (N-methyl/N-ethyl adjacent to an activating group) is 1. The molecule has 4 heteroatoms. The van der Waals surface area contributed by atoms with Crippen molar-refractivity contribution in [2.45, 2.75) is 32.7 Å². The Bertz CT molecular complexity index is 349. The van der Waals surface area contributed by atoms with E-state index in [4.69, 9.17) is 5.73 Å². The van der Waals surface area contributed by atoms with Gasteiger partial charge in [-0.2, -0.15) is 0 Å². The second-order valence-corrected chi connectivity index (χ2v) is 4.44. The first-order valence-electron chi connectivity index (χ1n) is 6.52. The van der Waals surface area contributed by atoms with Crippen molar-refractivity contribution in [2.24, 2.45) is 5.73 Å². The molecular weight excluding hydrogens is 234 g/mol. The first-order chi connectivity index (χ1) is 8.62. The van der Waals surface area contributed by atoms with Gasteiger partial charge in [-0.25, -0.2) is 8.78 Å². The number of unbranched alkanes of at least 4 members (excludes halogenated alkanes) is 1. The van der Waals surface area contributed by atoms with Crippen LogP contribution in [0, 0.1) is 11.6 Å². The summed E-state index contributed by atoms with van der Waals surface area (Å²) in [4.78, 5) is 2.16. The average Bonchev–Trinajstić information content (AvgIpc) is 2.33. The fraction of sp³-hybridized carbons (Fsp3) is 0.571. The molecule has 1 aromatic carbocycles. The SMILES string of the molecule is CCCCN(CC)C(CN)c1cc(F)cc(F)c1. The third-order valence-electron chi connectivity index (χ3n) is 3.14. The highest BCUT2D eigenvalue weighted by molar-refractivity contribution is 5.22. The van der Waals surface area contributed by atoms with Gasteiger partial charge in [0, 0.05) is 18.7 Å². The Labute approximate surface area is 108 Å². The van der Waals surface area contributed by atoms with Crippen LogP contribution in [0.5, 0.6) is 0 Å². The van der Waals surface area contributed by atoms with E-state index >= 15 is 0 Å². The lowest BCUT2D eigenvalue weighted by atomic mass is 10.0. The molecule has 1 unspecified atom stereocenters. The molecule has 0 aromatic heterocycles. The summed E-state index contributed by atoms with van der Waals surface area (Å²) in [5.74, 6) is -1.09. The highest BCUT2D eigenvalue weighted by Gasteiger charge is 2.18. The zero-order chi connectivity index (χ0) is 13.5. The van der Waals surface area contributed by atoms with Crippen LogP contribution in [-0.4, -0.2) is 24.5 Å². The number of halogens is 2. The smallest absolute Gasteiger partial charge is 0.126 e. The van der Waals surface area contributed by atoms with Crippen LogP contribution < -0.4 is 5.73 Å². The van der Waals surface area contributed by atoms with Crippen molar-refractivity contribution < 1.29 is 8.78 Å². The molecule has 2 N–H and O–H groups in total. The molecule has 0 bridgehead atoms. The monoisotopic (exact) mass is 256 g/mol. The Hall–Kier alpha value is -1.00. The molecule has 2 nitrogen and oxygen atoms in total. The molecule has 1 rings (SSSR count). The lowest BCUT2D eigenvalue weighted by Gasteiger charge is -2.30. The number of benzene rings is 1. The molecule has 0 saturated carbocycles. The quantitative estimate of drug-likeness (QED) is 0.812. The third-order valence-corrected chi connectivity index (χ3v) is 3.14. The number of nitrogens with zero attached hydrogens (tertiary/aromatic N) is 1. The minimum atomic E-state index is -0.546. The molecule has 0 aliphatic heterocycles. The van der Waals surface area contributed by atoms with Gasteiger partial charge in [-0.3, -0.25) is 4.90 Å². The van der Waals surface area contributed by atoms with Crippen LogP contribution in [0.3, 0.4) is 0 Å². The minimum Gasteiger partial charge on any atom is -0.329 e. The van der Waals surface area contributed by atoms with E-state index < -0.39 is 11.6 Å². The van der Waals surface area contributed by atoms with Crippen molar-refractivity contribution in [3.05, 3.63) is 35.4 Å². The zero-order valence-electron chi connectivity index (χ0n) is 11.1. The van der Waals surface area contributed by atoms with Crippen molar-refractivity contribution in [1.82, 2.24) is 4.90 Å². The molecule has 0 fully saturated rings. The van der Waals surface area contributed by atoms with Crippen molar-refractivity contribution >= 4 is 0 Å². The maximum absolute atomic E-state index is 13.2. The average molecular weight is 256 g/mol. The summed E-state index contributed by atoms with van der Waals surface area (Å²) < 4.78 is 26.5. The number of rotatable bonds is 7. The van der Waals surface area contributed by atoms with Gasteiger partial charge in [0.05, 0.1) is 0 Å². The summed E-state index contributed by atoms with van der Waals surface area (Å²) in [6.07, 6.45) is 2.15. The highest BCUT2D eigenvalue weighted by Crippen LogP contribution is 2.22. The largest absolute Gasteiger partial charge is 0.329 e. The van der Waals surface area contributed by atoms with Gasteiger partial charge in [-0.1, -0.05) is 20.3 Å². The summed E-state index contributed by atoms with van der Waals surface area (Å²) >= 11 is 0. The summed E-state index contributed by atoms with van der Waals surface area (Å²) in [6, 6.07) is 3.51. The van der Waals surface area contributed by atoms with Crippen molar-refractivity contribution in [3.8, 4) is 0 Å². The fourth-order valence-corrected chi connectivity index (χ4v) is 2.16. The number of hydrogen-bond donors (Lipinski definition) is 1. The van der Waals surface area contributed by atoms with E-state index in [1.54, 1.807) is 0 Å². The van der Waals surface area contributed by atoms with Crippen LogP contribution in [-0.2, 0) is 0 Å². The third kappa shape index (κ3) is 4.03. The molecule has 0 radical (unpaired) electrons. The maximum Gasteiger partial charge on any atom is 0.126 e. The van der Waals surface area contributed by atoms with E-state index in [1.807, 2.05) is 6.92 Å².